The number of nitrogens with zero attached hydrogens (tertiary/aromatic N) is 2. The molecule has 1 saturated carbocycles. The van der Waals surface area contributed by atoms with Gasteiger partial charge in [-0.25, -0.2) is 0 Å². The lowest BCUT2D eigenvalue weighted by atomic mass is 10.0. The highest BCUT2D eigenvalue weighted by Crippen LogP contribution is 2.30. The molecule has 1 fully saturated rings. The Bertz CT molecular complexity index is 486. The lowest BCUT2D eigenvalue weighted by Crippen LogP contribution is -2.31. The van der Waals surface area contributed by atoms with Gasteiger partial charge in [0.05, 0.1) is 5.92 Å². The summed E-state index contributed by atoms with van der Waals surface area (Å²) >= 11 is 0. The largest absolute Gasteiger partial charge is 0.481 e. The molecule has 2 rings (SSSR count). The van der Waals surface area contributed by atoms with E-state index >= 15 is 0 Å². The van der Waals surface area contributed by atoms with Gasteiger partial charge in [0.2, 0.25) is 11.8 Å². The molecule has 2 N–H and O–H groups in total. The summed E-state index contributed by atoms with van der Waals surface area (Å²) in [5.41, 5.74) is 0. The van der Waals surface area contributed by atoms with Crippen LogP contribution in [0.2, 0.25) is 0 Å². The number of aliphatic carboxylic acids is 1. The summed E-state index contributed by atoms with van der Waals surface area (Å²) in [6.45, 7) is 2.37. The quantitative estimate of drug-likeness (QED) is 0.798. The van der Waals surface area contributed by atoms with E-state index in [2.05, 4.69) is 15.5 Å². The number of aryl methyl sites for hydroxylation is 1. The average molecular weight is 281 g/mol. The minimum Gasteiger partial charge on any atom is -0.481 e. The first-order valence-corrected chi connectivity index (χ1v) is 6.92. The van der Waals surface area contributed by atoms with E-state index in [0.717, 1.165) is 0 Å². The zero-order chi connectivity index (χ0) is 14.5. The maximum Gasteiger partial charge on any atom is 0.306 e. The van der Waals surface area contributed by atoms with Crippen molar-refractivity contribution in [1.29, 1.82) is 0 Å². The number of amides is 1. The molecular weight excluding hydrogens is 262 g/mol. The van der Waals surface area contributed by atoms with Crippen LogP contribution < -0.4 is 5.32 Å². The molecule has 0 aliphatic heterocycles. The Hall–Kier alpha value is -1.92. The van der Waals surface area contributed by atoms with Gasteiger partial charge >= 0.3 is 5.97 Å². The first-order chi connectivity index (χ1) is 9.60. The van der Waals surface area contributed by atoms with E-state index in [0.29, 0.717) is 50.4 Å². The highest BCUT2D eigenvalue weighted by atomic mass is 16.5. The molecule has 1 aliphatic carbocycles. The van der Waals surface area contributed by atoms with E-state index in [9.17, 15) is 9.59 Å². The predicted octanol–water partition coefficient (Wildman–Crippen LogP) is 0.792. The van der Waals surface area contributed by atoms with Gasteiger partial charge in [-0.3, -0.25) is 9.59 Å². The van der Waals surface area contributed by atoms with Crippen molar-refractivity contribution >= 4 is 11.9 Å². The van der Waals surface area contributed by atoms with Gasteiger partial charge in [-0.15, -0.1) is 0 Å². The van der Waals surface area contributed by atoms with Gasteiger partial charge in [-0.2, -0.15) is 4.98 Å². The second kappa shape index (κ2) is 6.49. The molecule has 2 atom stereocenters. The standard InChI is InChI=1S/C13H19N3O4/c1-2-11-15-10(16-20-11)5-6-14-12(17)8-3-4-9(7-8)13(18)19/h8-9H,2-7H2,1H3,(H,14,17)(H,18,19)/t8-,9+/m0/s1. The fraction of sp³-hybridized carbons (Fsp3) is 0.692. The van der Waals surface area contributed by atoms with Gasteiger partial charge < -0.3 is 14.9 Å². The molecule has 0 spiro atoms. The van der Waals surface area contributed by atoms with Crippen molar-refractivity contribution in [2.24, 2.45) is 11.8 Å². The van der Waals surface area contributed by atoms with Crippen molar-refractivity contribution in [3.05, 3.63) is 11.7 Å². The smallest absolute Gasteiger partial charge is 0.306 e. The monoisotopic (exact) mass is 281 g/mol. The highest BCUT2D eigenvalue weighted by Gasteiger charge is 2.33. The number of hydrogen-bond donors (Lipinski definition) is 2. The van der Waals surface area contributed by atoms with Crippen molar-refractivity contribution in [3.63, 3.8) is 0 Å². The van der Waals surface area contributed by atoms with Gasteiger partial charge in [0, 0.05) is 25.3 Å². The molecule has 0 unspecified atom stereocenters. The fourth-order valence-electron chi connectivity index (χ4n) is 2.42. The number of carbonyl (C=O) groups excluding carboxylic acids is 1. The third kappa shape index (κ3) is 3.55. The normalized spacial score (nSPS) is 21.9. The molecule has 1 aromatic heterocycles. The Morgan fingerprint density at radius 3 is 2.75 bits per heavy atom. The van der Waals surface area contributed by atoms with Gasteiger partial charge in [0.1, 0.15) is 0 Å². The van der Waals surface area contributed by atoms with Crippen molar-refractivity contribution < 1.29 is 19.2 Å². The summed E-state index contributed by atoms with van der Waals surface area (Å²) in [5.74, 6) is -0.279. The average Bonchev–Trinajstić information content (AvgIpc) is 3.07. The van der Waals surface area contributed by atoms with E-state index in [1.807, 2.05) is 6.92 Å². The maximum atomic E-state index is 11.9. The number of hydrogen-bond acceptors (Lipinski definition) is 5. The second-order valence-electron chi connectivity index (χ2n) is 5.04. The Balaban J connectivity index is 1.71. The van der Waals surface area contributed by atoms with Crippen LogP contribution in [0.3, 0.4) is 0 Å². The van der Waals surface area contributed by atoms with Crippen LogP contribution in [-0.4, -0.2) is 33.7 Å². The van der Waals surface area contributed by atoms with Crippen molar-refractivity contribution in [3.8, 4) is 0 Å². The molecule has 0 aromatic carbocycles. The van der Waals surface area contributed by atoms with Crippen molar-refractivity contribution in [2.75, 3.05) is 6.54 Å². The summed E-state index contributed by atoms with van der Waals surface area (Å²) in [5, 5.41) is 15.5. The summed E-state index contributed by atoms with van der Waals surface area (Å²) in [4.78, 5) is 26.9. The van der Waals surface area contributed by atoms with Crippen LogP contribution in [0, 0.1) is 11.8 Å². The Morgan fingerprint density at radius 2 is 2.15 bits per heavy atom. The SMILES string of the molecule is CCc1nc(CCNC(=O)[C@H]2CC[C@@H](C(=O)O)C2)no1. The number of rotatable bonds is 6. The molecule has 7 nitrogen and oxygen atoms in total. The molecule has 0 radical (unpaired) electrons. The first-order valence-electron chi connectivity index (χ1n) is 6.92. The molecule has 7 heteroatoms. The van der Waals surface area contributed by atoms with E-state index in [1.54, 1.807) is 0 Å². The molecule has 1 heterocycles. The van der Waals surface area contributed by atoms with Gasteiger partial charge in [-0.1, -0.05) is 12.1 Å². The van der Waals surface area contributed by atoms with Gasteiger partial charge in [-0.05, 0) is 19.3 Å². The summed E-state index contributed by atoms with van der Waals surface area (Å²) < 4.78 is 4.97. The molecule has 1 aliphatic rings. The Kier molecular flexibility index (Phi) is 4.70. The summed E-state index contributed by atoms with van der Waals surface area (Å²) in [6.07, 6.45) is 2.87. The molecule has 0 bridgehead atoms. The van der Waals surface area contributed by atoms with E-state index in [1.165, 1.54) is 0 Å². The van der Waals surface area contributed by atoms with E-state index in [4.69, 9.17) is 9.63 Å². The molecule has 0 saturated heterocycles. The molecule has 110 valence electrons. The Labute approximate surface area is 116 Å². The zero-order valence-electron chi connectivity index (χ0n) is 11.5. The lowest BCUT2D eigenvalue weighted by Gasteiger charge is -2.09. The van der Waals surface area contributed by atoms with E-state index in [-0.39, 0.29) is 17.7 Å². The van der Waals surface area contributed by atoms with Crippen molar-refractivity contribution in [2.45, 2.75) is 39.0 Å². The predicted molar refractivity (Wildman–Crippen MR) is 68.9 cm³/mol. The number of carboxylic acids is 1. The topological polar surface area (TPSA) is 105 Å². The third-order valence-electron chi connectivity index (χ3n) is 3.61. The molecular formula is C13H19N3O4. The highest BCUT2D eigenvalue weighted by molar-refractivity contribution is 5.80. The number of carboxylic acid groups (broad SMARTS) is 1. The number of carbonyl (C=O) groups is 2. The zero-order valence-corrected chi connectivity index (χ0v) is 11.5. The van der Waals surface area contributed by atoms with Crippen LogP contribution in [0.1, 0.15) is 37.9 Å². The molecule has 20 heavy (non-hydrogen) atoms. The molecule has 1 amide bonds. The minimum atomic E-state index is -0.806. The van der Waals surface area contributed by atoms with Crippen molar-refractivity contribution in [1.82, 2.24) is 15.5 Å². The minimum absolute atomic E-state index is 0.0760. The number of aromatic nitrogens is 2. The third-order valence-corrected chi connectivity index (χ3v) is 3.61. The lowest BCUT2D eigenvalue weighted by molar-refractivity contribution is -0.141. The first kappa shape index (κ1) is 14.5. The van der Waals surface area contributed by atoms with Gasteiger partial charge in [0.15, 0.2) is 5.82 Å². The van der Waals surface area contributed by atoms with E-state index < -0.39 is 5.97 Å². The fourth-order valence-corrected chi connectivity index (χ4v) is 2.42. The van der Waals surface area contributed by atoms with Crippen LogP contribution in [0.4, 0.5) is 0 Å². The number of nitrogens with one attached hydrogen (secondary N) is 1. The Morgan fingerprint density at radius 1 is 1.40 bits per heavy atom. The second-order valence-corrected chi connectivity index (χ2v) is 5.04. The van der Waals surface area contributed by atoms with Crippen LogP contribution >= 0.6 is 0 Å². The van der Waals surface area contributed by atoms with Crippen LogP contribution in [0.5, 0.6) is 0 Å². The maximum absolute atomic E-state index is 11.9. The van der Waals surface area contributed by atoms with Crippen LogP contribution in [0.15, 0.2) is 4.52 Å². The summed E-state index contributed by atoms with van der Waals surface area (Å²) in [7, 11) is 0. The van der Waals surface area contributed by atoms with Crippen LogP contribution in [-0.2, 0) is 22.4 Å². The molecule has 1 aromatic rings. The van der Waals surface area contributed by atoms with Gasteiger partial charge in [0.25, 0.3) is 0 Å². The summed E-state index contributed by atoms with van der Waals surface area (Å²) in [6, 6.07) is 0. The van der Waals surface area contributed by atoms with Crippen LogP contribution in [0.25, 0.3) is 0 Å².